The van der Waals surface area contributed by atoms with Crippen LogP contribution >= 0.6 is 0 Å². The fourth-order valence-corrected chi connectivity index (χ4v) is 6.00. The molecule has 11 atom stereocenters. The van der Waals surface area contributed by atoms with Crippen LogP contribution in [0.3, 0.4) is 0 Å². The first-order chi connectivity index (χ1) is 23.7. The summed E-state index contributed by atoms with van der Waals surface area (Å²) in [7, 11) is 0. The summed E-state index contributed by atoms with van der Waals surface area (Å²) in [6, 6.07) is -4.44. The number of aliphatic hydroxyl groups excluding tert-OH is 5. The third-order valence-electron chi connectivity index (χ3n) is 8.64. The van der Waals surface area contributed by atoms with E-state index in [1.807, 2.05) is 0 Å². The normalized spacial score (nSPS) is 30.2. The zero-order chi connectivity index (χ0) is 37.4. The van der Waals surface area contributed by atoms with Crippen LogP contribution in [0.5, 0.6) is 0 Å². The van der Waals surface area contributed by atoms with E-state index in [-0.39, 0.29) is 6.42 Å². The zero-order valence-electron chi connectivity index (χ0n) is 29.0. The van der Waals surface area contributed by atoms with Crippen molar-refractivity contribution in [1.29, 1.82) is 0 Å². The highest BCUT2D eigenvalue weighted by Crippen LogP contribution is 2.29. The van der Waals surface area contributed by atoms with E-state index in [0.717, 1.165) is 39.5 Å². The highest BCUT2D eigenvalue weighted by Gasteiger charge is 2.52. The predicted octanol–water partition coefficient (Wildman–Crippen LogP) is -2.11. The third kappa shape index (κ3) is 13.6. The number of hydrogen-bond acceptors (Lipinski definition) is 13. The van der Waals surface area contributed by atoms with Crippen molar-refractivity contribution in [2.75, 3.05) is 13.2 Å². The Morgan fingerprint density at radius 1 is 0.700 bits per heavy atom. The van der Waals surface area contributed by atoms with E-state index in [1.54, 1.807) is 0 Å². The van der Waals surface area contributed by atoms with Gasteiger partial charge in [0.15, 0.2) is 12.5 Å². The topological polar surface area (TPSA) is 283 Å². The molecule has 18 heteroatoms. The second kappa shape index (κ2) is 22.1. The number of unbranched alkanes of at least 4 members (excludes halogenated alkanes) is 8. The molecule has 2 aliphatic rings. The Balaban J connectivity index is 2.06. The molecule has 0 spiro atoms. The van der Waals surface area contributed by atoms with Gasteiger partial charge in [-0.2, -0.15) is 0 Å². The van der Waals surface area contributed by atoms with Gasteiger partial charge in [-0.3, -0.25) is 19.2 Å². The maximum absolute atomic E-state index is 13.0. The van der Waals surface area contributed by atoms with Crippen LogP contribution in [0.2, 0.25) is 0 Å². The maximum Gasteiger partial charge on any atom is 0.326 e. The number of nitrogens with one attached hydrogen (secondary N) is 4. The zero-order valence-corrected chi connectivity index (χ0v) is 29.0. The lowest BCUT2D eigenvalue weighted by atomic mass is 9.94. The number of hydrogen-bond donors (Lipinski definition) is 10. The second-order valence-corrected chi connectivity index (χ2v) is 12.8. The Morgan fingerprint density at radius 3 is 1.80 bits per heavy atom. The van der Waals surface area contributed by atoms with Gasteiger partial charge >= 0.3 is 5.97 Å². The van der Waals surface area contributed by atoms with E-state index in [1.165, 1.54) is 25.7 Å². The van der Waals surface area contributed by atoms with Crippen LogP contribution in [0.25, 0.3) is 0 Å². The number of aliphatic hydroxyl groups is 5. The molecule has 0 aromatic rings. The van der Waals surface area contributed by atoms with E-state index in [4.69, 9.17) is 14.2 Å². The van der Waals surface area contributed by atoms with E-state index < -0.39 is 116 Å². The minimum Gasteiger partial charge on any atom is -0.480 e. The standard InChI is InChI=1S/C32H56N4O14/c1-4-5-6-7-8-9-10-11-12-13-22(41)35-19(31(46)47)14-23(42)36-30-24(33-17(2)39)28(45)29(21(16-38)48-30)50-32-25(34-18(3)40)27(44)26(43)20(15-37)49-32/h19-21,24-30,32,37-38,43-45H,4-16H2,1-3H3,(H,33,39)(H,34,40)(H,35,41)(H,36,42)(H,46,47)/t19?,20-,21-,24-,25-,26-,27-,28-,29-,30-,32+/m1/s1. The molecule has 4 amide bonds. The van der Waals surface area contributed by atoms with E-state index in [2.05, 4.69) is 28.2 Å². The van der Waals surface area contributed by atoms with Gasteiger partial charge in [-0.15, -0.1) is 0 Å². The Labute approximate surface area is 291 Å². The van der Waals surface area contributed by atoms with Gasteiger partial charge in [-0.25, -0.2) is 4.79 Å². The molecular weight excluding hydrogens is 664 g/mol. The number of aliphatic carboxylic acids is 1. The van der Waals surface area contributed by atoms with Crippen molar-refractivity contribution in [3.05, 3.63) is 0 Å². The lowest BCUT2D eigenvalue weighted by Crippen LogP contribution is -2.71. The molecule has 2 heterocycles. The molecule has 0 radical (unpaired) electrons. The average Bonchev–Trinajstić information content (AvgIpc) is 3.05. The fraction of sp³-hybridized carbons (Fsp3) is 0.844. The summed E-state index contributed by atoms with van der Waals surface area (Å²) in [5.74, 6) is -4.22. The van der Waals surface area contributed by atoms with Gasteiger partial charge in [0.05, 0.1) is 19.6 Å². The Morgan fingerprint density at radius 2 is 1.26 bits per heavy atom. The third-order valence-corrected chi connectivity index (χ3v) is 8.64. The van der Waals surface area contributed by atoms with Crippen molar-refractivity contribution in [3.8, 4) is 0 Å². The number of carboxylic acid groups (broad SMARTS) is 1. The monoisotopic (exact) mass is 720 g/mol. The lowest BCUT2D eigenvalue weighted by Gasteiger charge is -2.48. The molecule has 18 nitrogen and oxygen atoms in total. The smallest absolute Gasteiger partial charge is 0.326 e. The van der Waals surface area contributed by atoms with Crippen molar-refractivity contribution in [2.45, 2.75) is 159 Å². The highest BCUT2D eigenvalue weighted by atomic mass is 16.7. The van der Waals surface area contributed by atoms with Crippen molar-refractivity contribution < 1.29 is 68.8 Å². The fourth-order valence-electron chi connectivity index (χ4n) is 6.00. The summed E-state index contributed by atoms with van der Waals surface area (Å²) in [6.45, 7) is 2.83. The molecule has 0 bridgehead atoms. The summed E-state index contributed by atoms with van der Waals surface area (Å²) >= 11 is 0. The maximum atomic E-state index is 13.0. The largest absolute Gasteiger partial charge is 0.480 e. The molecule has 2 saturated heterocycles. The Bertz CT molecular complexity index is 1100. The van der Waals surface area contributed by atoms with Gasteiger partial charge in [-0.1, -0.05) is 58.3 Å². The molecule has 0 aromatic carbocycles. The van der Waals surface area contributed by atoms with Crippen molar-refractivity contribution in [3.63, 3.8) is 0 Å². The molecule has 288 valence electrons. The molecule has 1 unspecified atom stereocenters. The minimum absolute atomic E-state index is 0.0892. The summed E-state index contributed by atoms with van der Waals surface area (Å²) in [6.07, 6.45) is -3.82. The number of ether oxygens (including phenoxy) is 3. The molecule has 0 aromatic heterocycles. The van der Waals surface area contributed by atoms with Crippen molar-refractivity contribution in [2.24, 2.45) is 0 Å². The lowest BCUT2D eigenvalue weighted by molar-refractivity contribution is -0.315. The van der Waals surface area contributed by atoms with Crippen LogP contribution in [0.1, 0.15) is 91.4 Å². The van der Waals surface area contributed by atoms with E-state index in [9.17, 15) is 54.6 Å². The molecule has 0 aliphatic carbocycles. The summed E-state index contributed by atoms with van der Waals surface area (Å²) in [4.78, 5) is 61.3. The van der Waals surface area contributed by atoms with Gasteiger partial charge in [0, 0.05) is 20.3 Å². The van der Waals surface area contributed by atoms with Crippen LogP contribution in [0.15, 0.2) is 0 Å². The molecule has 2 aliphatic heterocycles. The first-order valence-electron chi connectivity index (χ1n) is 17.3. The van der Waals surface area contributed by atoms with Crippen LogP contribution in [0, 0.1) is 0 Å². The van der Waals surface area contributed by atoms with Crippen LogP contribution in [0.4, 0.5) is 0 Å². The number of carbonyl (C=O) groups is 5. The second-order valence-electron chi connectivity index (χ2n) is 12.8. The molecule has 2 fully saturated rings. The van der Waals surface area contributed by atoms with Crippen LogP contribution in [-0.2, 0) is 38.2 Å². The van der Waals surface area contributed by atoms with Crippen LogP contribution in [-0.4, -0.2) is 141 Å². The van der Waals surface area contributed by atoms with Gasteiger partial charge in [0.1, 0.15) is 54.7 Å². The number of carboxylic acids is 1. The number of amides is 4. The number of rotatable bonds is 21. The van der Waals surface area contributed by atoms with E-state index >= 15 is 0 Å². The van der Waals surface area contributed by atoms with Gasteiger partial charge in [0.2, 0.25) is 23.6 Å². The molecule has 10 N–H and O–H groups in total. The van der Waals surface area contributed by atoms with Crippen molar-refractivity contribution >= 4 is 29.6 Å². The first kappa shape index (κ1) is 43.2. The Kier molecular flexibility index (Phi) is 19.1. The SMILES string of the molecule is CCCCCCCCCCCC(=O)NC(CC(=O)N[C@@H]1O[C@H](CO)[C@@H](O[C@@H]2O[C@H](CO)[C@@H](O)[C@H](O)[C@H]2NC(C)=O)[C@H](O)[C@H]1NC(C)=O)C(=O)O. The highest BCUT2D eigenvalue weighted by molar-refractivity contribution is 5.88. The molecule has 50 heavy (non-hydrogen) atoms. The van der Waals surface area contributed by atoms with E-state index in [0.29, 0.717) is 6.42 Å². The number of carbonyl (C=O) groups excluding carboxylic acids is 4. The Hall–Kier alpha value is -2.97. The molecule has 2 rings (SSSR count). The van der Waals surface area contributed by atoms with Gasteiger partial charge in [-0.05, 0) is 6.42 Å². The summed E-state index contributed by atoms with van der Waals surface area (Å²) in [5.41, 5.74) is 0. The molecular formula is C32H56N4O14. The van der Waals surface area contributed by atoms with Crippen molar-refractivity contribution in [1.82, 2.24) is 21.3 Å². The summed E-state index contributed by atoms with van der Waals surface area (Å²) < 4.78 is 17.2. The first-order valence-corrected chi connectivity index (χ1v) is 17.3. The predicted molar refractivity (Wildman–Crippen MR) is 174 cm³/mol. The minimum atomic E-state index is -1.75. The average molecular weight is 721 g/mol. The quantitative estimate of drug-likeness (QED) is 0.0569. The van der Waals surface area contributed by atoms with Gasteiger partial charge in [0.25, 0.3) is 0 Å². The molecule has 0 saturated carbocycles. The summed E-state index contributed by atoms with van der Waals surface area (Å²) in [5, 5.41) is 71.2. The van der Waals surface area contributed by atoms with Crippen LogP contribution < -0.4 is 21.3 Å². The van der Waals surface area contributed by atoms with Gasteiger partial charge < -0.3 is 66.1 Å².